The Hall–Kier alpha value is -2.57. The molecule has 0 saturated heterocycles. The Bertz CT molecular complexity index is 782. The normalized spacial score (nSPS) is 15.1. The van der Waals surface area contributed by atoms with E-state index >= 15 is 0 Å². The lowest BCUT2D eigenvalue weighted by molar-refractivity contribution is 0.0939. The van der Waals surface area contributed by atoms with Gasteiger partial charge in [-0.2, -0.15) is 5.10 Å². The fourth-order valence-electron chi connectivity index (χ4n) is 2.74. The van der Waals surface area contributed by atoms with E-state index in [-0.39, 0.29) is 17.2 Å². The summed E-state index contributed by atoms with van der Waals surface area (Å²) in [5.41, 5.74) is 0.0494. The minimum Gasteiger partial charge on any atom is -0.350 e. The number of aromatic amines is 1. The molecule has 5 nitrogen and oxygen atoms in total. The molecule has 0 bridgehead atoms. The predicted molar refractivity (Wildman–Crippen MR) is 83.5 cm³/mol. The molecule has 0 radical (unpaired) electrons. The molecule has 1 aromatic heterocycles. The Labute approximate surface area is 137 Å². The maximum absolute atomic E-state index is 13.8. The van der Waals surface area contributed by atoms with Gasteiger partial charge in [0.2, 0.25) is 0 Å². The third-order valence-corrected chi connectivity index (χ3v) is 4.22. The zero-order valence-electron chi connectivity index (χ0n) is 12.9. The number of hydrogen-bond donors (Lipinski definition) is 2. The average molecular weight is 333 g/mol. The zero-order chi connectivity index (χ0) is 17.1. The zero-order valence-corrected chi connectivity index (χ0v) is 12.9. The van der Waals surface area contributed by atoms with Gasteiger partial charge in [-0.1, -0.05) is 0 Å². The summed E-state index contributed by atoms with van der Waals surface area (Å²) in [4.78, 5) is 23.0. The first kappa shape index (κ1) is 16.3. The highest BCUT2D eigenvalue weighted by Gasteiger charge is 2.32. The molecule has 1 aromatic carbocycles. The summed E-state index contributed by atoms with van der Waals surface area (Å²) < 4.78 is 27.1. The highest BCUT2D eigenvalue weighted by Crippen LogP contribution is 2.38. The van der Waals surface area contributed by atoms with Crippen LogP contribution in [0.3, 0.4) is 0 Å². The van der Waals surface area contributed by atoms with Crippen molar-refractivity contribution in [3.05, 3.63) is 63.6 Å². The second-order valence-corrected chi connectivity index (χ2v) is 6.05. The lowest BCUT2D eigenvalue weighted by atomic mass is 9.94. The molecule has 1 aliphatic carbocycles. The van der Waals surface area contributed by atoms with Crippen LogP contribution >= 0.6 is 0 Å². The molecule has 1 atom stereocenters. The molecule has 3 rings (SSSR count). The van der Waals surface area contributed by atoms with E-state index in [1.54, 1.807) is 0 Å². The van der Waals surface area contributed by atoms with Gasteiger partial charge in [-0.3, -0.25) is 9.59 Å². The number of aromatic nitrogens is 2. The van der Waals surface area contributed by atoms with Gasteiger partial charge in [-0.15, -0.1) is 0 Å². The van der Waals surface area contributed by atoms with E-state index in [2.05, 4.69) is 15.5 Å². The number of benzene rings is 1. The van der Waals surface area contributed by atoms with E-state index in [0.717, 1.165) is 25.0 Å². The van der Waals surface area contributed by atoms with Crippen molar-refractivity contribution in [1.29, 1.82) is 0 Å². The first-order valence-electron chi connectivity index (χ1n) is 7.81. The highest BCUT2D eigenvalue weighted by atomic mass is 19.1. The number of rotatable bonds is 6. The lowest BCUT2D eigenvalue weighted by Gasteiger charge is -2.17. The fourth-order valence-corrected chi connectivity index (χ4v) is 2.74. The van der Waals surface area contributed by atoms with Crippen LogP contribution in [0.25, 0.3) is 0 Å². The van der Waals surface area contributed by atoms with Crippen LogP contribution in [0.5, 0.6) is 0 Å². The molecule has 126 valence electrons. The summed E-state index contributed by atoms with van der Waals surface area (Å²) in [7, 11) is 0. The Balaban J connectivity index is 1.64. The summed E-state index contributed by atoms with van der Waals surface area (Å²) in [5.74, 6) is -0.876. The van der Waals surface area contributed by atoms with Crippen molar-refractivity contribution in [3.8, 4) is 0 Å². The molecule has 0 aliphatic heterocycles. The van der Waals surface area contributed by atoms with Gasteiger partial charge >= 0.3 is 0 Å². The molecule has 1 saturated carbocycles. The van der Waals surface area contributed by atoms with Crippen LogP contribution in [-0.4, -0.2) is 22.6 Å². The molecular formula is C17H17F2N3O2. The molecule has 1 heterocycles. The van der Waals surface area contributed by atoms with Crippen molar-refractivity contribution in [2.75, 3.05) is 6.54 Å². The number of H-pyrrole nitrogens is 1. The third-order valence-electron chi connectivity index (χ3n) is 4.22. The lowest BCUT2D eigenvalue weighted by Crippen LogP contribution is -2.32. The summed E-state index contributed by atoms with van der Waals surface area (Å²) in [6.45, 7) is 0.347. The number of halogens is 2. The van der Waals surface area contributed by atoms with Gasteiger partial charge in [-0.25, -0.2) is 13.9 Å². The van der Waals surface area contributed by atoms with Crippen LogP contribution < -0.4 is 10.9 Å². The van der Waals surface area contributed by atoms with Crippen LogP contribution in [0, 0.1) is 23.5 Å². The van der Waals surface area contributed by atoms with Crippen LogP contribution in [-0.2, 0) is 6.42 Å². The Morgan fingerprint density at radius 2 is 2.08 bits per heavy atom. The first-order chi connectivity index (χ1) is 11.5. The van der Waals surface area contributed by atoms with Gasteiger partial charge in [0.1, 0.15) is 17.3 Å². The molecule has 2 N–H and O–H groups in total. The van der Waals surface area contributed by atoms with Crippen LogP contribution in [0.2, 0.25) is 0 Å². The van der Waals surface area contributed by atoms with E-state index in [9.17, 15) is 18.4 Å². The predicted octanol–water partition coefficient (Wildman–Crippen LogP) is 2.05. The maximum atomic E-state index is 13.8. The summed E-state index contributed by atoms with van der Waals surface area (Å²) >= 11 is 0. The number of carbonyl (C=O) groups excluding carboxylic acids is 1. The molecule has 2 aromatic rings. The van der Waals surface area contributed by atoms with Crippen LogP contribution in [0.4, 0.5) is 8.78 Å². The van der Waals surface area contributed by atoms with Gasteiger partial charge < -0.3 is 5.32 Å². The van der Waals surface area contributed by atoms with Gasteiger partial charge in [0, 0.05) is 12.6 Å². The number of amides is 1. The van der Waals surface area contributed by atoms with Gasteiger partial charge in [0.15, 0.2) is 0 Å². The van der Waals surface area contributed by atoms with E-state index in [1.165, 1.54) is 18.2 Å². The second kappa shape index (κ2) is 6.90. The number of hydrogen-bond acceptors (Lipinski definition) is 3. The van der Waals surface area contributed by atoms with E-state index in [0.29, 0.717) is 24.4 Å². The summed E-state index contributed by atoms with van der Waals surface area (Å²) in [6, 6.07) is 5.98. The molecule has 1 fully saturated rings. The van der Waals surface area contributed by atoms with E-state index < -0.39 is 17.5 Å². The fraction of sp³-hybridized carbons (Fsp3) is 0.353. The van der Waals surface area contributed by atoms with Crippen molar-refractivity contribution >= 4 is 5.91 Å². The standard InChI is InChI=1S/C17H17F2N3O2/c18-13-3-4-14(19)11(8-13)7-12(10-1-2-10)9-20-17(24)15-5-6-16(23)22-21-15/h3-6,8,10,12H,1-2,7,9H2,(H,20,24)(H,22,23)/t12-/m0/s1. The van der Waals surface area contributed by atoms with Crippen molar-refractivity contribution in [2.24, 2.45) is 11.8 Å². The monoisotopic (exact) mass is 333 g/mol. The molecular weight excluding hydrogens is 316 g/mol. The van der Waals surface area contributed by atoms with Crippen molar-refractivity contribution in [3.63, 3.8) is 0 Å². The smallest absolute Gasteiger partial charge is 0.271 e. The second-order valence-electron chi connectivity index (χ2n) is 6.05. The minimum absolute atomic E-state index is 0.0352. The molecule has 1 aliphatic rings. The van der Waals surface area contributed by atoms with Crippen molar-refractivity contribution < 1.29 is 13.6 Å². The molecule has 0 spiro atoms. The SMILES string of the molecule is O=C(NC[C@H](Cc1cc(F)ccc1F)C1CC1)c1ccc(=O)[nH]n1. The first-order valence-corrected chi connectivity index (χ1v) is 7.81. The Morgan fingerprint density at radius 1 is 1.29 bits per heavy atom. The highest BCUT2D eigenvalue weighted by molar-refractivity contribution is 5.91. The molecule has 24 heavy (non-hydrogen) atoms. The largest absolute Gasteiger partial charge is 0.350 e. The van der Waals surface area contributed by atoms with Gasteiger partial charge in [0.05, 0.1) is 0 Å². The molecule has 1 amide bonds. The van der Waals surface area contributed by atoms with Crippen LogP contribution in [0.15, 0.2) is 35.1 Å². The number of nitrogens with one attached hydrogen (secondary N) is 2. The molecule has 0 unspecified atom stereocenters. The van der Waals surface area contributed by atoms with E-state index in [1.807, 2.05) is 0 Å². The topological polar surface area (TPSA) is 74.8 Å². The minimum atomic E-state index is -0.470. The maximum Gasteiger partial charge on any atom is 0.271 e. The van der Waals surface area contributed by atoms with Crippen LogP contribution in [0.1, 0.15) is 28.9 Å². The van der Waals surface area contributed by atoms with Crippen molar-refractivity contribution in [1.82, 2.24) is 15.5 Å². The summed E-state index contributed by atoms with van der Waals surface area (Å²) in [5, 5.41) is 8.62. The number of carbonyl (C=O) groups is 1. The summed E-state index contributed by atoms with van der Waals surface area (Å²) in [6.07, 6.45) is 2.41. The van der Waals surface area contributed by atoms with Crippen molar-refractivity contribution in [2.45, 2.75) is 19.3 Å². The Morgan fingerprint density at radius 3 is 2.75 bits per heavy atom. The molecule has 7 heteroatoms. The van der Waals surface area contributed by atoms with Gasteiger partial charge in [0.25, 0.3) is 11.5 Å². The average Bonchev–Trinajstić information content (AvgIpc) is 3.40. The third kappa shape index (κ3) is 4.04. The van der Waals surface area contributed by atoms with E-state index in [4.69, 9.17) is 0 Å². The Kier molecular flexibility index (Phi) is 4.69. The number of nitrogens with zero attached hydrogens (tertiary/aromatic N) is 1. The quantitative estimate of drug-likeness (QED) is 0.849. The van der Waals surface area contributed by atoms with Gasteiger partial charge in [-0.05, 0) is 60.9 Å².